The van der Waals surface area contributed by atoms with Gasteiger partial charge in [-0.15, -0.1) is 0 Å². The van der Waals surface area contributed by atoms with Crippen LogP contribution in [0.15, 0.2) is 18.2 Å². The summed E-state index contributed by atoms with van der Waals surface area (Å²) < 4.78 is 4.95. The van der Waals surface area contributed by atoms with Gasteiger partial charge in [0, 0.05) is 6.07 Å². The summed E-state index contributed by atoms with van der Waals surface area (Å²) in [5.74, 6) is -0.298. The highest BCUT2D eigenvalue weighted by molar-refractivity contribution is 6.33. The van der Waals surface area contributed by atoms with Gasteiger partial charge in [-0.1, -0.05) is 11.6 Å². The smallest absolute Gasteiger partial charge is 0.322 e. The van der Waals surface area contributed by atoms with Crippen molar-refractivity contribution in [1.82, 2.24) is 0 Å². The van der Waals surface area contributed by atoms with E-state index in [1.807, 2.05) is 0 Å². The first-order chi connectivity index (χ1) is 6.63. The van der Waals surface area contributed by atoms with E-state index in [-0.39, 0.29) is 6.54 Å². The first-order valence-corrected chi connectivity index (χ1v) is 4.30. The molecule has 2 N–H and O–H groups in total. The van der Waals surface area contributed by atoms with E-state index in [0.717, 1.165) is 0 Å². The van der Waals surface area contributed by atoms with Crippen LogP contribution in [0.2, 0.25) is 5.02 Å². The molecule has 0 aliphatic carbocycles. The molecular formula is C9H10ClNO3. The van der Waals surface area contributed by atoms with Crippen molar-refractivity contribution >= 4 is 23.3 Å². The highest BCUT2D eigenvalue weighted by atomic mass is 35.5. The Hall–Kier alpha value is -1.42. The minimum Gasteiger partial charge on any atom is -0.497 e. The number of halogens is 1. The molecule has 5 heteroatoms. The Balaban J connectivity index is 2.73. The number of ether oxygens (including phenoxy) is 1. The molecule has 1 aromatic rings. The molecule has 0 saturated heterocycles. The van der Waals surface area contributed by atoms with Gasteiger partial charge in [0.25, 0.3) is 0 Å². The van der Waals surface area contributed by atoms with Crippen LogP contribution in [0.4, 0.5) is 5.69 Å². The van der Waals surface area contributed by atoms with E-state index in [1.165, 1.54) is 7.11 Å². The van der Waals surface area contributed by atoms with Gasteiger partial charge in [0.2, 0.25) is 0 Å². The van der Waals surface area contributed by atoms with E-state index in [4.69, 9.17) is 21.4 Å². The third-order valence-corrected chi connectivity index (χ3v) is 1.92. The predicted molar refractivity (Wildman–Crippen MR) is 54.1 cm³/mol. The standard InChI is InChI=1S/C9H10ClNO3/c1-14-6-2-3-8(7(10)4-6)11-5-9(12)13/h2-4,11H,5H2,1H3,(H,12,13). The lowest BCUT2D eigenvalue weighted by molar-refractivity contribution is -0.134. The van der Waals surface area contributed by atoms with E-state index in [2.05, 4.69) is 5.32 Å². The van der Waals surface area contributed by atoms with Crippen molar-refractivity contribution in [3.05, 3.63) is 23.2 Å². The minimum absolute atomic E-state index is 0.161. The van der Waals surface area contributed by atoms with Crippen LogP contribution >= 0.6 is 11.6 Å². The number of methoxy groups -OCH3 is 1. The lowest BCUT2D eigenvalue weighted by Crippen LogP contribution is -2.12. The molecule has 0 aliphatic heterocycles. The Morgan fingerprint density at radius 1 is 1.64 bits per heavy atom. The van der Waals surface area contributed by atoms with Crippen molar-refractivity contribution in [1.29, 1.82) is 0 Å². The number of aliphatic carboxylic acids is 1. The fraction of sp³-hybridized carbons (Fsp3) is 0.222. The van der Waals surface area contributed by atoms with Crippen molar-refractivity contribution < 1.29 is 14.6 Å². The van der Waals surface area contributed by atoms with Crippen molar-refractivity contribution in [2.75, 3.05) is 19.0 Å². The summed E-state index contributed by atoms with van der Waals surface area (Å²) in [5, 5.41) is 11.5. The summed E-state index contributed by atoms with van der Waals surface area (Å²) in [6, 6.07) is 4.99. The minimum atomic E-state index is -0.933. The van der Waals surface area contributed by atoms with E-state index >= 15 is 0 Å². The number of hydrogen-bond donors (Lipinski definition) is 2. The predicted octanol–water partition coefficient (Wildman–Crippen LogP) is 1.85. The van der Waals surface area contributed by atoms with E-state index in [1.54, 1.807) is 18.2 Å². The molecule has 0 amide bonds. The second-order valence-corrected chi connectivity index (χ2v) is 3.00. The monoisotopic (exact) mass is 215 g/mol. The summed E-state index contributed by atoms with van der Waals surface area (Å²) in [7, 11) is 1.54. The molecule has 0 heterocycles. The van der Waals surface area contributed by atoms with E-state index in [0.29, 0.717) is 16.5 Å². The maximum absolute atomic E-state index is 10.3. The molecule has 0 bridgehead atoms. The third kappa shape index (κ3) is 2.81. The zero-order valence-electron chi connectivity index (χ0n) is 7.58. The van der Waals surface area contributed by atoms with Gasteiger partial charge < -0.3 is 15.2 Å². The SMILES string of the molecule is COc1ccc(NCC(=O)O)c(Cl)c1. The normalized spacial score (nSPS) is 9.57. The lowest BCUT2D eigenvalue weighted by atomic mass is 10.3. The molecule has 14 heavy (non-hydrogen) atoms. The van der Waals surface area contributed by atoms with Gasteiger partial charge in [-0.25, -0.2) is 0 Å². The number of benzene rings is 1. The Kier molecular flexibility index (Phi) is 3.59. The molecule has 0 aliphatic rings. The fourth-order valence-corrected chi connectivity index (χ4v) is 1.17. The number of hydrogen-bond acceptors (Lipinski definition) is 3. The second-order valence-electron chi connectivity index (χ2n) is 2.59. The highest BCUT2D eigenvalue weighted by Gasteiger charge is 2.03. The average Bonchev–Trinajstić information content (AvgIpc) is 2.15. The molecule has 4 nitrogen and oxygen atoms in total. The van der Waals surface area contributed by atoms with Gasteiger partial charge >= 0.3 is 5.97 Å². The molecule has 0 unspecified atom stereocenters. The molecule has 0 aromatic heterocycles. The third-order valence-electron chi connectivity index (χ3n) is 1.61. The quantitative estimate of drug-likeness (QED) is 0.805. The fourth-order valence-electron chi connectivity index (χ4n) is 0.937. The molecule has 0 atom stereocenters. The maximum atomic E-state index is 10.3. The Labute approximate surface area is 86.4 Å². The number of carboxylic acids is 1. The maximum Gasteiger partial charge on any atom is 0.322 e. The van der Waals surface area contributed by atoms with E-state index in [9.17, 15) is 4.79 Å². The number of rotatable bonds is 4. The summed E-state index contributed by atoms with van der Waals surface area (Å²) in [4.78, 5) is 10.3. The second kappa shape index (κ2) is 4.72. The van der Waals surface area contributed by atoms with E-state index < -0.39 is 5.97 Å². The molecule has 76 valence electrons. The Morgan fingerprint density at radius 3 is 2.86 bits per heavy atom. The van der Waals surface area contributed by atoms with Crippen LogP contribution in [0.25, 0.3) is 0 Å². The Morgan fingerprint density at radius 2 is 2.36 bits per heavy atom. The van der Waals surface area contributed by atoms with Crippen LogP contribution < -0.4 is 10.1 Å². The molecule has 1 rings (SSSR count). The molecule has 0 spiro atoms. The first kappa shape index (κ1) is 10.7. The van der Waals surface area contributed by atoms with Crippen LogP contribution in [0.1, 0.15) is 0 Å². The molecule has 0 saturated carbocycles. The van der Waals surface area contributed by atoms with Crippen LogP contribution in [0, 0.1) is 0 Å². The zero-order valence-corrected chi connectivity index (χ0v) is 8.34. The molecule has 0 fully saturated rings. The summed E-state index contributed by atoms with van der Waals surface area (Å²) in [5.41, 5.74) is 0.579. The van der Waals surface area contributed by atoms with Crippen LogP contribution in [0.5, 0.6) is 5.75 Å². The van der Waals surface area contributed by atoms with Gasteiger partial charge in [0.05, 0.1) is 17.8 Å². The van der Waals surface area contributed by atoms with Gasteiger partial charge in [0.15, 0.2) is 0 Å². The van der Waals surface area contributed by atoms with Gasteiger partial charge in [-0.2, -0.15) is 0 Å². The summed E-state index contributed by atoms with van der Waals surface area (Å²) in [6.45, 7) is -0.161. The van der Waals surface area contributed by atoms with Gasteiger partial charge in [-0.3, -0.25) is 4.79 Å². The van der Waals surface area contributed by atoms with Gasteiger partial charge in [0.1, 0.15) is 12.3 Å². The average molecular weight is 216 g/mol. The molecular weight excluding hydrogens is 206 g/mol. The number of anilines is 1. The topological polar surface area (TPSA) is 58.6 Å². The number of carbonyl (C=O) groups is 1. The summed E-state index contributed by atoms with van der Waals surface area (Å²) >= 11 is 5.86. The van der Waals surface area contributed by atoms with Crippen molar-refractivity contribution in [3.63, 3.8) is 0 Å². The van der Waals surface area contributed by atoms with Crippen molar-refractivity contribution in [3.8, 4) is 5.75 Å². The largest absolute Gasteiger partial charge is 0.497 e. The van der Waals surface area contributed by atoms with Crippen LogP contribution in [-0.4, -0.2) is 24.7 Å². The lowest BCUT2D eigenvalue weighted by Gasteiger charge is -2.07. The summed E-state index contributed by atoms with van der Waals surface area (Å²) in [6.07, 6.45) is 0. The Bertz CT molecular complexity index is 341. The zero-order chi connectivity index (χ0) is 10.6. The molecule has 1 aromatic carbocycles. The molecule has 0 radical (unpaired) electrons. The van der Waals surface area contributed by atoms with Gasteiger partial charge in [-0.05, 0) is 12.1 Å². The van der Waals surface area contributed by atoms with Crippen LogP contribution in [0.3, 0.4) is 0 Å². The number of nitrogens with one attached hydrogen (secondary N) is 1. The number of carboxylic acid groups (broad SMARTS) is 1. The van der Waals surface area contributed by atoms with Crippen LogP contribution in [-0.2, 0) is 4.79 Å². The van der Waals surface area contributed by atoms with Crippen molar-refractivity contribution in [2.24, 2.45) is 0 Å². The first-order valence-electron chi connectivity index (χ1n) is 3.92. The highest BCUT2D eigenvalue weighted by Crippen LogP contribution is 2.26. The van der Waals surface area contributed by atoms with Crippen molar-refractivity contribution in [2.45, 2.75) is 0 Å².